The van der Waals surface area contributed by atoms with E-state index in [4.69, 9.17) is 4.74 Å². The van der Waals surface area contributed by atoms with Crippen LogP contribution in [0.25, 0.3) is 6.08 Å². The van der Waals surface area contributed by atoms with Crippen molar-refractivity contribution in [3.63, 3.8) is 0 Å². The average molecular weight is 382 g/mol. The molecule has 0 bridgehead atoms. The van der Waals surface area contributed by atoms with Gasteiger partial charge < -0.3 is 9.64 Å². The second-order valence-corrected chi connectivity index (χ2v) is 8.75. The van der Waals surface area contributed by atoms with Gasteiger partial charge in [-0.3, -0.25) is 19.3 Å². The summed E-state index contributed by atoms with van der Waals surface area (Å²) in [6, 6.07) is 6.89. The highest BCUT2D eigenvalue weighted by Gasteiger charge is 2.64. The Morgan fingerprint density at radius 1 is 1.11 bits per heavy atom. The first-order valence-electron chi connectivity index (χ1n) is 9.71. The average Bonchev–Trinajstić information content (AvgIpc) is 3.12. The fourth-order valence-electron chi connectivity index (χ4n) is 4.72. The van der Waals surface area contributed by atoms with Crippen molar-refractivity contribution in [2.45, 2.75) is 32.9 Å². The number of hydrogen-bond donors (Lipinski definition) is 0. The zero-order valence-electron chi connectivity index (χ0n) is 16.7. The molecule has 0 spiro atoms. The van der Waals surface area contributed by atoms with Gasteiger partial charge in [-0.1, -0.05) is 51.1 Å². The molecule has 4 atom stereocenters. The Kier molecular flexibility index (Phi) is 4.42. The van der Waals surface area contributed by atoms with E-state index in [-0.39, 0.29) is 30.2 Å². The van der Waals surface area contributed by atoms with Crippen molar-refractivity contribution in [3.8, 4) is 0 Å². The number of nitrogens with zero attached hydrogens (tertiary/aromatic N) is 2. The van der Waals surface area contributed by atoms with Crippen LogP contribution in [-0.2, 0) is 19.1 Å². The van der Waals surface area contributed by atoms with E-state index >= 15 is 0 Å². The van der Waals surface area contributed by atoms with Gasteiger partial charge in [0.2, 0.25) is 11.8 Å². The molecule has 6 nitrogen and oxygen atoms in total. The number of ketones is 1. The van der Waals surface area contributed by atoms with Gasteiger partial charge in [0.1, 0.15) is 6.04 Å². The predicted molar refractivity (Wildman–Crippen MR) is 106 cm³/mol. The van der Waals surface area contributed by atoms with Gasteiger partial charge in [-0.15, -0.1) is 0 Å². The van der Waals surface area contributed by atoms with Crippen LogP contribution in [0.5, 0.6) is 0 Å². The second-order valence-electron chi connectivity index (χ2n) is 8.75. The molecule has 3 aliphatic heterocycles. The Hall–Kier alpha value is -2.47. The Morgan fingerprint density at radius 3 is 2.46 bits per heavy atom. The molecule has 148 valence electrons. The van der Waals surface area contributed by atoms with Crippen molar-refractivity contribution in [2.75, 3.05) is 25.2 Å². The topological polar surface area (TPSA) is 66.9 Å². The van der Waals surface area contributed by atoms with Gasteiger partial charge in [0, 0.05) is 18.2 Å². The maximum atomic E-state index is 13.5. The van der Waals surface area contributed by atoms with Gasteiger partial charge >= 0.3 is 0 Å². The summed E-state index contributed by atoms with van der Waals surface area (Å²) in [7, 11) is 1.54. The lowest BCUT2D eigenvalue weighted by Crippen LogP contribution is -2.51. The number of para-hydroxylation sites is 1. The highest BCUT2D eigenvalue weighted by molar-refractivity contribution is 6.11. The van der Waals surface area contributed by atoms with Crippen LogP contribution in [0, 0.1) is 17.3 Å². The van der Waals surface area contributed by atoms with E-state index in [1.807, 2.05) is 62.1 Å². The van der Waals surface area contributed by atoms with Crippen molar-refractivity contribution in [3.05, 3.63) is 35.9 Å². The molecule has 6 heteroatoms. The van der Waals surface area contributed by atoms with Gasteiger partial charge in [0.05, 0.1) is 31.0 Å². The number of likely N-dealkylation sites (tertiary alicyclic amines) is 1. The zero-order chi connectivity index (χ0) is 20.2. The smallest absolute Gasteiger partial charge is 0.235 e. The fraction of sp³-hybridized carbons (Fsp3) is 0.500. The molecular weight excluding hydrogens is 356 g/mol. The summed E-state index contributed by atoms with van der Waals surface area (Å²) >= 11 is 0. The number of imide groups is 1. The number of ether oxygens (including phenoxy) is 1. The fourth-order valence-corrected chi connectivity index (χ4v) is 4.72. The lowest BCUT2D eigenvalue weighted by molar-refractivity contribution is -0.142. The molecule has 1 aromatic rings. The Balaban J connectivity index is 1.82. The quantitative estimate of drug-likeness (QED) is 0.747. The maximum Gasteiger partial charge on any atom is 0.235 e. The van der Waals surface area contributed by atoms with Gasteiger partial charge in [-0.25, -0.2) is 0 Å². The van der Waals surface area contributed by atoms with E-state index in [2.05, 4.69) is 0 Å². The molecule has 2 amide bonds. The first-order valence-corrected chi connectivity index (χ1v) is 9.71. The summed E-state index contributed by atoms with van der Waals surface area (Å²) in [5.74, 6) is -1.66. The van der Waals surface area contributed by atoms with Crippen LogP contribution in [0.4, 0.5) is 5.69 Å². The number of hydrogen-bond acceptors (Lipinski definition) is 5. The highest BCUT2D eigenvalue weighted by Crippen LogP contribution is 2.49. The van der Waals surface area contributed by atoms with E-state index in [1.165, 1.54) is 4.90 Å². The molecule has 1 aromatic carbocycles. The molecule has 28 heavy (non-hydrogen) atoms. The molecule has 2 fully saturated rings. The number of carbonyl (C=O) groups is 3. The number of anilines is 1. The highest BCUT2D eigenvalue weighted by atomic mass is 16.5. The SMILES string of the molecule is COCCN1C(=O)[C@@H]2[C@H](C1=O)[C@H]1C=Cc3ccccc3N1[C@H]2C(=O)C(C)(C)C. The van der Waals surface area contributed by atoms with Crippen molar-refractivity contribution in [2.24, 2.45) is 17.3 Å². The summed E-state index contributed by atoms with van der Waals surface area (Å²) in [5, 5.41) is 0. The molecular formula is C22H26N2O4. The lowest BCUT2D eigenvalue weighted by Gasteiger charge is -2.38. The Labute approximate surface area is 165 Å². The third-order valence-corrected chi connectivity index (χ3v) is 6.03. The number of carbonyl (C=O) groups excluding carboxylic acids is 3. The normalized spacial score (nSPS) is 28.4. The van der Waals surface area contributed by atoms with Crippen molar-refractivity contribution in [1.29, 1.82) is 0 Å². The molecule has 3 heterocycles. The van der Waals surface area contributed by atoms with Crippen molar-refractivity contribution in [1.82, 2.24) is 4.90 Å². The van der Waals surface area contributed by atoms with E-state index in [1.54, 1.807) is 7.11 Å². The second kappa shape index (κ2) is 6.55. The molecule has 0 radical (unpaired) electrons. The van der Waals surface area contributed by atoms with Crippen molar-refractivity contribution >= 4 is 29.4 Å². The Morgan fingerprint density at radius 2 is 1.79 bits per heavy atom. The first-order chi connectivity index (χ1) is 13.3. The number of fused-ring (bicyclic) bond motifs is 5. The summed E-state index contributed by atoms with van der Waals surface area (Å²) in [6.45, 7) is 6.13. The number of methoxy groups -OCH3 is 1. The molecule has 0 saturated carbocycles. The summed E-state index contributed by atoms with van der Waals surface area (Å²) < 4.78 is 5.07. The maximum absolute atomic E-state index is 13.5. The minimum atomic E-state index is -0.656. The third-order valence-electron chi connectivity index (χ3n) is 6.03. The molecule has 0 aromatic heterocycles. The van der Waals surface area contributed by atoms with Crippen LogP contribution in [0.15, 0.2) is 30.3 Å². The number of benzene rings is 1. The lowest BCUT2D eigenvalue weighted by atomic mass is 9.79. The minimum Gasteiger partial charge on any atom is -0.383 e. The number of Topliss-reactive ketones (excluding diaryl/α,β-unsaturated/α-hetero) is 1. The molecule has 0 aliphatic carbocycles. The summed E-state index contributed by atoms with van der Waals surface area (Å²) in [5.41, 5.74) is 1.29. The van der Waals surface area contributed by atoms with Gasteiger partial charge in [-0.2, -0.15) is 0 Å². The largest absolute Gasteiger partial charge is 0.383 e. The van der Waals surface area contributed by atoms with Crippen molar-refractivity contribution < 1.29 is 19.1 Å². The molecule has 4 rings (SSSR count). The van der Waals surface area contributed by atoms with E-state index in [9.17, 15) is 14.4 Å². The van der Waals surface area contributed by atoms with Crippen LogP contribution in [-0.4, -0.2) is 54.8 Å². The minimum absolute atomic E-state index is 0.00940. The van der Waals surface area contributed by atoms with Crippen LogP contribution >= 0.6 is 0 Å². The van der Waals surface area contributed by atoms with Crippen LogP contribution < -0.4 is 4.90 Å². The molecule has 2 saturated heterocycles. The van der Waals surface area contributed by atoms with E-state index in [0.717, 1.165) is 11.3 Å². The standard InChI is InChI=1S/C22H26N2O4/c1-22(2,3)19(25)18-17-16(20(26)23(21(17)27)11-12-28-4)15-10-9-13-7-5-6-8-14(13)24(15)18/h5-10,15-18H,11-12H2,1-4H3/t15-,16-,17-,18-/m1/s1. The molecule has 0 N–H and O–H groups in total. The number of amides is 2. The molecule has 0 unspecified atom stereocenters. The monoisotopic (exact) mass is 382 g/mol. The zero-order valence-corrected chi connectivity index (χ0v) is 16.7. The van der Waals surface area contributed by atoms with E-state index < -0.39 is 23.3 Å². The van der Waals surface area contributed by atoms with Crippen LogP contribution in [0.3, 0.4) is 0 Å². The summed E-state index contributed by atoms with van der Waals surface area (Å²) in [6.07, 6.45) is 3.97. The summed E-state index contributed by atoms with van der Waals surface area (Å²) in [4.78, 5) is 43.2. The first kappa shape index (κ1) is 18.9. The van der Waals surface area contributed by atoms with Crippen LogP contribution in [0.1, 0.15) is 26.3 Å². The van der Waals surface area contributed by atoms with Crippen LogP contribution in [0.2, 0.25) is 0 Å². The number of rotatable bonds is 4. The van der Waals surface area contributed by atoms with Gasteiger partial charge in [0.15, 0.2) is 5.78 Å². The van der Waals surface area contributed by atoms with Gasteiger partial charge in [0.25, 0.3) is 0 Å². The molecule has 3 aliphatic rings. The Bertz CT molecular complexity index is 870. The van der Waals surface area contributed by atoms with Gasteiger partial charge in [-0.05, 0) is 11.6 Å². The predicted octanol–water partition coefficient (Wildman–Crippen LogP) is 2.13. The van der Waals surface area contributed by atoms with E-state index in [0.29, 0.717) is 6.61 Å². The third kappa shape index (κ3) is 2.62.